The maximum Gasteiger partial charge on any atom is 0.304 e. The lowest BCUT2D eigenvalue weighted by Crippen LogP contribution is -2.28. The molecule has 0 saturated carbocycles. The highest BCUT2D eigenvalue weighted by atomic mass is 79.9. The second-order valence-corrected chi connectivity index (χ2v) is 7.88. The van der Waals surface area contributed by atoms with Crippen LogP contribution in [-0.2, 0) is 11.2 Å². The number of carboxylic acid groups (broad SMARTS) is 1. The molecule has 0 bridgehead atoms. The minimum atomic E-state index is -0.811. The quantitative estimate of drug-likeness (QED) is 0.484. The van der Waals surface area contributed by atoms with Gasteiger partial charge in [-0.15, -0.1) is 11.6 Å². The molecule has 0 amide bonds. The Balaban J connectivity index is 3.22. The van der Waals surface area contributed by atoms with Gasteiger partial charge in [-0.05, 0) is 48.6 Å². The first-order valence-electron chi connectivity index (χ1n) is 8.84. The van der Waals surface area contributed by atoms with Crippen LogP contribution in [0.3, 0.4) is 0 Å². The van der Waals surface area contributed by atoms with Gasteiger partial charge in [0.25, 0.3) is 0 Å². The molecule has 3 N–H and O–H groups in total. The summed E-state index contributed by atoms with van der Waals surface area (Å²) in [6, 6.07) is 6.36. The summed E-state index contributed by atoms with van der Waals surface area (Å²) in [5.74, 6) is 0.173. The maximum atomic E-state index is 11.3. The molecule has 1 aromatic rings. The number of hydrogen-bond acceptors (Lipinski definition) is 3. The minimum Gasteiger partial charge on any atom is -0.481 e. The molecule has 0 aromatic heterocycles. The standard InChI is InChI=1S/C19H30BrClN2O2/c1-14(2)3-4-15-5-6-17(23(9-7-20)10-8-21)12-18(15)16(13-22)11-19(24)25/h5-6,12,14,16H,3-4,7-11,13,22H2,1-2H3,(H,24,25). The number of anilines is 1. The van der Waals surface area contributed by atoms with Crippen LogP contribution < -0.4 is 10.6 Å². The first kappa shape index (κ1) is 22.3. The van der Waals surface area contributed by atoms with E-state index in [9.17, 15) is 9.90 Å². The van der Waals surface area contributed by atoms with Crippen LogP contribution in [0.1, 0.15) is 43.7 Å². The van der Waals surface area contributed by atoms with E-state index in [2.05, 4.69) is 52.9 Å². The molecule has 0 aliphatic carbocycles. The number of nitrogens with zero attached hydrogens (tertiary/aromatic N) is 1. The van der Waals surface area contributed by atoms with E-state index >= 15 is 0 Å². The van der Waals surface area contributed by atoms with Crippen molar-refractivity contribution in [3.63, 3.8) is 0 Å². The summed E-state index contributed by atoms with van der Waals surface area (Å²) >= 11 is 9.43. The number of carboxylic acids is 1. The third kappa shape index (κ3) is 7.55. The summed E-state index contributed by atoms with van der Waals surface area (Å²) in [4.78, 5) is 13.5. The van der Waals surface area contributed by atoms with E-state index < -0.39 is 5.97 Å². The molecule has 6 heteroatoms. The molecule has 0 aliphatic rings. The minimum absolute atomic E-state index is 0.0581. The lowest BCUT2D eigenvalue weighted by molar-refractivity contribution is -0.137. The van der Waals surface area contributed by atoms with Gasteiger partial charge in [-0.3, -0.25) is 4.79 Å². The van der Waals surface area contributed by atoms with Gasteiger partial charge in [0.15, 0.2) is 0 Å². The summed E-state index contributed by atoms with van der Waals surface area (Å²) in [6.07, 6.45) is 2.07. The number of halogens is 2. The Morgan fingerprint density at radius 1 is 1.36 bits per heavy atom. The molecular weight excluding hydrogens is 404 g/mol. The van der Waals surface area contributed by atoms with Crippen LogP contribution in [0.5, 0.6) is 0 Å². The van der Waals surface area contributed by atoms with Crippen LogP contribution in [-0.4, -0.2) is 41.9 Å². The van der Waals surface area contributed by atoms with E-state index in [4.69, 9.17) is 17.3 Å². The normalized spacial score (nSPS) is 12.4. The fourth-order valence-corrected chi connectivity index (χ4v) is 3.57. The number of aliphatic carboxylic acids is 1. The summed E-state index contributed by atoms with van der Waals surface area (Å²) in [5, 5.41) is 10.1. The molecule has 4 nitrogen and oxygen atoms in total. The van der Waals surface area contributed by atoms with Gasteiger partial charge in [0.2, 0.25) is 0 Å². The van der Waals surface area contributed by atoms with E-state index in [-0.39, 0.29) is 12.3 Å². The van der Waals surface area contributed by atoms with E-state index in [1.54, 1.807) is 0 Å². The lowest BCUT2D eigenvalue weighted by atomic mass is 9.88. The van der Waals surface area contributed by atoms with Crippen molar-refractivity contribution in [3.05, 3.63) is 29.3 Å². The number of alkyl halides is 2. The number of rotatable bonds is 12. The van der Waals surface area contributed by atoms with Gasteiger partial charge in [-0.1, -0.05) is 35.8 Å². The predicted octanol–water partition coefficient (Wildman–Crippen LogP) is 4.23. The van der Waals surface area contributed by atoms with Gasteiger partial charge in [0.05, 0.1) is 6.42 Å². The highest BCUT2D eigenvalue weighted by Crippen LogP contribution is 2.29. The van der Waals surface area contributed by atoms with E-state index in [1.807, 2.05) is 0 Å². The van der Waals surface area contributed by atoms with Crippen molar-refractivity contribution in [1.82, 2.24) is 0 Å². The Morgan fingerprint density at radius 3 is 2.60 bits per heavy atom. The largest absolute Gasteiger partial charge is 0.481 e. The summed E-state index contributed by atoms with van der Waals surface area (Å²) in [6.45, 7) is 6.33. The second-order valence-electron chi connectivity index (χ2n) is 6.71. The lowest BCUT2D eigenvalue weighted by Gasteiger charge is -2.26. The Labute approximate surface area is 164 Å². The summed E-state index contributed by atoms with van der Waals surface area (Å²) in [7, 11) is 0. The number of carbonyl (C=O) groups is 1. The molecule has 1 atom stereocenters. The van der Waals surface area contributed by atoms with Gasteiger partial charge in [0.1, 0.15) is 0 Å². The van der Waals surface area contributed by atoms with E-state index in [0.29, 0.717) is 18.3 Å². The Morgan fingerprint density at radius 2 is 2.08 bits per heavy atom. The van der Waals surface area contributed by atoms with Crippen molar-refractivity contribution in [1.29, 1.82) is 0 Å². The molecule has 0 fully saturated rings. The average Bonchev–Trinajstić information content (AvgIpc) is 2.57. The molecule has 0 spiro atoms. The SMILES string of the molecule is CC(C)CCc1ccc(N(CCCl)CCBr)cc1C(CN)CC(=O)O. The van der Waals surface area contributed by atoms with Crippen LogP contribution in [0.4, 0.5) is 5.69 Å². The van der Waals surface area contributed by atoms with Gasteiger partial charge in [-0.2, -0.15) is 0 Å². The fraction of sp³-hybridized carbons (Fsp3) is 0.632. The number of benzene rings is 1. The van der Waals surface area contributed by atoms with Crippen molar-refractivity contribution in [2.75, 3.05) is 35.7 Å². The van der Waals surface area contributed by atoms with E-state index in [0.717, 1.165) is 42.5 Å². The average molecular weight is 434 g/mol. The van der Waals surface area contributed by atoms with Gasteiger partial charge in [0, 0.05) is 35.9 Å². The topological polar surface area (TPSA) is 66.6 Å². The first-order valence-corrected chi connectivity index (χ1v) is 10.5. The Kier molecular flexibility index (Phi) is 10.5. The number of hydrogen-bond donors (Lipinski definition) is 2. The first-order chi connectivity index (χ1) is 11.9. The van der Waals surface area contributed by atoms with Crippen LogP contribution in [0.25, 0.3) is 0 Å². The molecule has 0 heterocycles. The van der Waals surface area contributed by atoms with Crippen molar-refractivity contribution in [2.45, 2.75) is 39.0 Å². The summed E-state index contributed by atoms with van der Waals surface area (Å²) < 4.78 is 0. The molecule has 0 aliphatic heterocycles. The van der Waals surface area contributed by atoms with Crippen molar-refractivity contribution >= 4 is 39.2 Å². The monoisotopic (exact) mass is 432 g/mol. The highest BCUT2D eigenvalue weighted by molar-refractivity contribution is 9.09. The molecule has 142 valence electrons. The van der Waals surface area contributed by atoms with Gasteiger partial charge in [-0.25, -0.2) is 0 Å². The molecule has 0 radical (unpaired) electrons. The second kappa shape index (κ2) is 11.8. The van der Waals surface area contributed by atoms with Crippen molar-refractivity contribution < 1.29 is 9.90 Å². The maximum absolute atomic E-state index is 11.3. The van der Waals surface area contributed by atoms with E-state index in [1.165, 1.54) is 5.56 Å². The number of aryl methyl sites for hydroxylation is 1. The number of nitrogens with two attached hydrogens (primary N) is 1. The smallest absolute Gasteiger partial charge is 0.304 e. The van der Waals surface area contributed by atoms with Crippen LogP contribution in [0.2, 0.25) is 0 Å². The highest BCUT2D eigenvalue weighted by Gasteiger charge is 2.19. The van der Waals surface area contributed by atoms with Crippen LogP contribution in [0, 0.1) is 5.92 Å². The molecule has 1 rings (SSSR count). The Bertz CT molecular complexity index is 534. The van der Waals surface area contributed by atoms with Crippen LogP contribution >= 0.6 is 27.5 Å². The zero-order chi connectivity index (χ0) is 18.8. The fourth-order valence-electron chi connectivity index (χ4n) is 2.94. The molecule has 1 aromatic carbocycles. The predicted molar refractivity (Wildman–Crippen MR) is 110 cm³/mol. The Hall–Kier alpha value is -0.780. The van der Waals surface area contributed by atoms with Crippen LogP contribution in [0.15, 0.2) is 18.2 Å². The van der Waals surface area contributed by atoms with Crippen molar-refractivity contribution in [2.24, 2.45) is 11.7 Å². The van der Waals surface area contributed by atoms with Gasteiger partial charge >= 0.3 is 5.97 Å². The summed E-state index contributed by atoms with van der Waals surface area (Å²) in [5.41, 5.74) is 9.27. The molecule has 0 saturated heterocycles. The molecule has 1 unspecified atom stereocenters. The zero-order valence-electron chi connectivity index (χ0n) is 15.2. The zero-order valence-corrected chi connectivity index (χ0v) is 17.5. The van der Waals surface area contributed by atoms with Gasteiger partial charge < -0.3 is 15.7 Å². The third-order valence-corrected chi connectivity index (χ3v) is 4.86. The third-order valence-electron chi connectivity index (χ3n) is 4.34. The van der Waals surface area contributed by atoms with Crippen molar-refractivity contribution in [3.8, 4) is 0 Å². The molecular formula is C19H30BrClN2O2. The molecule has 25 heavy (non-hydrogen) atoms.